The van der Waals surface area contributed by atoms with Crippen molar-refractivity contribution in [2.75, 3.05) is 5.32 Å². The van der Waals surface area contributed by atoms with E-state index < -0.39 is 0 Å². The summed E-state index contributed by atoms with van der Waals surface area (Å²) in [6, 6.07) is 16.4. The Morgan fingerprint density at radius 2 is 1.76 bits per heavy atom. The molecule has 0 heterocycles. The summed E-state index contributed by atoms with van der Waals surface area (Å²) in [7, 11) is 0. The number of carbonyl (C=O) groups is 1. The largest absolute Gasteiger partial charge is 0.456 e. The quantitative estimate of drug-likeness (QED) is 0.842. The lowest BCUT2D eigenvalue weighted by atomic mass is 9.96. The molecule has 1 fully saturated rings. The lowest BCUT2D eigenvalue weighted by Crippen LogP contribution is -2.38. The van der Waals surface area contributed by atoms with Crippen molar-refractivity contribution in [2.24, 2.45) is 0 Å². The van der Waals surface area contributed by atoms with Crippen LogP contribution in [0.15, 0.2) is 48.5 Å². The van der Waals surface area contributed by atoms with Crippen LogP contribution >= 0.6 is 0 Å². The Morgan fingerprint density at radius 1 is 1.04 bits per heavy atom. The summed E-state index contributed by atoms with van der Waals surface area (Å²) in [6.07, 6.45) is 5.73. The van der Waals surface area contributed by atoms with Crippen molar-refractivity contribution in [1.82, 2.24) is 5.32 Å². The van der Waals surface area contributed by atoms with Gasteiger partial charge in [0, 0.05) is 11.7 Å². The molecule has 128 valence electrons. The SMILES string of the molecule is N#Cc1ccccc1Oc1ccc(NC(=O)NC2CCCCC2)cc1. The van der Waals surface area contributed by atoms with E-state index in [4.69, 9.17) is 10.00 Å². The van der Waals surface area contributed by atoms with Crippen molar-refractivity contribution >= 4 is 11.7 Å². The van der Waals surface area contributed by atoms with Crippen molar-refractivity contribution in [1.29, 1.82) is 5.26 Å². The van der Waals surface area contributed by atoms with Crippen molar-refractivity contribution < 1.29 is 9.53 Å². The molecule has 25 heavy (non-hydrogen) atoms. The smallest absolute Gasteiger partial charge is 0.319 e. The monoisotopic (exact) mass is 335 g/mol. The first-order valence-electron chi connectivity index (χ1n) is 8.59. The Bertz CT molecular complexity index is 759. The molecular formula is C20H21N3O2. The molecule has 5 heteroatoms. The summed E-state index contributed by atoms with van der Waals surface area (Å²) in [6.45, 7) is 0. The highest BCUT2D eigenvalue weighted by molar-refractivity contribution is 5.89. The van der Waals surface area contributed by atoms with Gasteiger partial charge in [-0.2, -0.15) is 5.26 Å². The molecule has 0 spiro atoms. The number of nitrogens with one attached hydrogen (secondary N) is 2. The van der Waals surface area contributed by atoms with Crippen molar-refractivity contribution in [3.8, 4) is 17.6 Å². The minimum absolute atomic E-state index is 0.171. The zero-order valence-corrected chi connectivity index (χ0v) is 14.0. The number of anilines is 1. The van der Waals surface area contributed by atoms with Gasteiger partial charge in [-0.3, -0.25) is 0 Å². The predicted molar refractivity (Wildman–Crippen MR) is 96.7 cm³/mol. The second-order valence-corrected chi connectivity index (χ2v) is 6.17. The zero-order chi connectivity index (χ0) is 17.5. The van der Waals surface area contributed by atoms with Gasteiger partial charge in [-0.05, 0) is 49.2 Å². The van der Waals surface area contributed by atoms with E-state index in [1.165, 1.54) is 19.3 Å². The first-order chi connectivity index (χ1) is 12.2. The van der Waals surface area contributed by atoms with E-state index in [1.807, 2.05) is 6.07 Å². The minimum Gasteiger partial charge on any atom is -0.456 e. The molecular weight excluding hydrogens is 314 g/mol. The number of urea groups is 1. The first-order valence-corrected chi connectivity index (χ1v) is 8.59. The Balaban J connectivity index is 1.56. The van der Waals surface area contributed by atoms with Crippen LogP contribution in [0.4, 0.5) is 10.5 Å². The second kappa shape index (κ2) is 8.20. The van der Waals surface area contributed by atoms with Crippen molar-refractivity contribution in [3.05, 3.63) is 54.1 Å². The molecule has 1 saturated carbocycles. The third kappa shape index (κ3) is 4.74. The summed E-state index contributed by atoms with van der Waals surface area (Å²) >= 11 is 0. The predicted octanol–water partition coefficient (Wildman–Crippen LogP) is 4.80. The number of ether oxygens (including phenoxy) is 1. The average molecular weight is 335 g/mol. The van der Waals surface area contributed by atoms with Crippen LogP contribution in [0.2, 0.25) is 0 Å². The molecule has 2 aromatic carbocycles. The van der Waals surface area contributed by atoms with E-state index in [0.29, 0.717) is 22.7 Å². The molecule has 0 atom stereocenters. The average Bonchev–Trinajstić information content (AvgIpc) is 2.64. The van der Waals surface area contributed by atoms with Crippen LogP contribution < -0.4 is 15.4 Å². The fourth-order valence-electron chi connectivity index (χ4n) is 2.98. The van der Waals surface area contributed by atoms with E-state index >= 15 is 0 Å². The number of rotatable bonds is 4. The number of nitriles is 1. The van der Waals surface area contributed by atoms with E-state index in [1.54, 1.807) is 42.5 Å². The summed E-state index contributed by atoms with van der Waals surface area (Å²) in [5, 5.41) is 15.0. The summed E-state index contributed by atoms with van der Waals surface area (Å²) in [4.78, 5) is 12.1. The van der Waals surface area contributed by atoms with E-state index in [0.717, 1.165) is 12.8 Å². The Kier molecular flexibility index (Phi) is 5.53. The number of hydrogen-bond acceptors (Lipinski definition) is 3. The standard InChI is InChI=1S/C20H21N3O2/c21-14-15-6-4-5-9-19(15)25-18-12-10-17(11-13-18)23-20(24)22-16-7-2-1-3-8-16/h4-6,9-13,16H,1-3,7-8H2,(H2,22,23,24). The number of hydrogen-bond donors (Lipinski definition) is 2. The Labute approximate surface area is 147 Å². The molecule has 5 nitrogen and oxygen atoms in total. The molecule has 2 N–H and O–H groups in total. The maximum atomic E-state index is 12.1. The lowest BCUT2D eigenvalue weighted by molar-refractivity contribution is 0.244. The maximum absolute atomic E-state index is 12.1. The fourth-order valence-corrected chi connectivity index (χ4v) is 2.98. The number of benzene rings is 2. The van der Waals surface area contributed by atoms with E-state index in [9.17, 15) is 4.79 Å². The summed E-state index contributed by atoms with van der Waals surface area (Å²) in [5.41, 5.74) is 1.19. The second-order valence-electron chi connectivity index (χ2n) is 6.17. The molecule has 0 radical (unpaired) electrons. The van der Waals surface area contributed by atoms with Gasteiger partial charge >= 0.3 is 6.03 Å². The molecule has 0 aromatic heterocycles. The maximum Gasteiger partial charge on any atom is 0.319 e. The van der Waals surface area contributed by atoms with Gasteiger partial charge in [0.15, 0.2) is 0 Å². The van der Waals surface area contributed by atoms with E-state index in [-0.39, 0.29) is 12.1 Å². The fraction of sp³-hybridized carbons (Fsp3) is 0.300. The van der Waals surface area contributed by atoms with Crippen LogP contribution in [0.1, 0.15) is 37.7 Å². The van der Waals surface area contributed by atoms with Crippen LogP contribution in [-0.2, 0) is 0 Å². The van der Waals surface area contributed by atoms with Gasteiger partial charge in [-0.25, -0.2) is 4.79 Å². The molecule has 2 aromatic rings. The number of nitrogens with zero attached hydrogens (tertiary/aromatic N) is 1. The van der Waals surface area contributed by atoms with Crippen LogP contribution in [0.5, 0.6) is 11.5 Å². The minimum atomic E-state index is -0.171. The number of carbonyl (C=O) groups excluding carboxylic acids is 1. The zero-order valence-electron chi connectivity index (χ0n) is 14.0. The summed E-state index contributed by atoms with van der Waals surface area (Å²) < 4.78 is 5.73. The van der Waals surface area contributed by atoms with Crippen LogP contribution in [0.3, 0.4) is 0 Å². The van der Waals surface area contributed by atoms with Crippen LogP contribution in [0.25, 0.3) is 0 Å². The Morgan fingerprint density at radius 3 is 2.48 bits per heavy atom. The molecule has 2 amide bonds. The highest BCUT2D eigenvalue weighted by atomic mass is 16.5. The third-order valence-electron chi connectivity index (χ3n) is 4.29. The first kappa shape index (κ1) is 16.8. The van der Waals surface area contributed by atoms with Gasteiger partial charge in [0.2, 0.25) is 0 Å². The van der Waals surface area contributed by atoms with E-state index in [2.05, 4.69) is 16.7 Å². The van der Waals surface area contributed by atoms with Gasteiger partial charge in [-0.1, -0.05) is 31.4 Å². The van der Waals surface area contributed by atoms with Crippen molar-refractivity contribution in [3.63, 3.8) is 0 Å². The normalized spacial score (nSPS) is 14.4. The van der Waals surface area contributed by atoms with Crippen molar-refractivity contribution in [2.45, 2.75) is 38.1 Å². The summed E-state index contributed by atoms with van der Waals surface area (Å²) in [5.74, 6) is 1.13. The van der Waals surface area contributed by atoms with Crippen LogP contribution in [-0.4, -0.2) is 12.1 Å². The lowest BCUT2D eigenvalue weighted by Gasteiger charge is -2.22. The highest BCUT2D eigenvalue weighted by Crippen LogP contribution is 2.26. The molecule has 1 aliphatic carbocycles. The highest BCUT2D eigenvalue weighted by Gasteiger charge is 2.15. The molecule has 3 rings (SSSR count). The molecule has 0 unspecified atom stereocenters. The topological polar surface area (TPSA) is 74.1 Å². The molecule has 0 bridgehead atoms. The van der Waals surface area contributed by atoms with Gasteiger partial charge in [0.25, 0.3) is 0 Å². The number of amides is 2. The molecule has 0 aliphatic heterocycles. The van der Waals surface area contributed by atoms with Gasteiger partial charge in [0.05, 0.1) is 5.56 Å². The molecule has 1 aliphatic rings. The third-order valence-corrected chi connectivity index (χ3v) is 4.29. The Hall–Kier alpha value is -3.00. The van der Waals surface area contributed by atoms with Gasteiger partial charge in [0.1, 0.15) is 17.6 Å². The van der Waals surface area contributed by atoms with Gasteiger partial charge in [-0.15, -0.1) is 0 Å². The number of para-hydroxylation sites is 1. The molecule has 0 saturated heterocycles. The van der Waals surface area contributed by atoms with Crippen LogP contribution in [0, 0.1) is 11.3 Å². The van der Waals surface area contributed by atoms with Gasteiger partial charge < -0.3 is 15.4 Å².